The molecule has 0 radical (unpaired) electrons. The van der Waals surface area contributed by atoms with E-state index in [9.17, 15) is 9.59 Å². The summed E-state index contributed by atoms with van der Waals surface area (Å²) in [4.78, 5) is 24.2. The zero-order chi connectivity index (χ0) is 12.1. The summed E-state index contributed by atoms with van der Waals surface area (Å²) in [6.07, 6.45) is 0.218. The summed E-state index contributed by atoms with van der Waals surface area (Å²) in [5, 5.41) is 2.54. The SMILES string of the molecule is CCN(C)C(=O)CNC(=O)CC(C)(C)N. The van der Waals surface area contributed by atoms with E-state index < -0.39 is 5.54 Å². The molecule has 0 saturated carbocycles. The molecule has 0 spiro atoms. The first-order valence-corrected chi connectivity index (χ1v) is 5.06. The van der Waals surface area contributed by atoms with Gasteiger partial charge in [0.1, 0.15) is 0 Å². The minimum atomic E-state index is -0.538. The molecule has 0 atom stereocenters. The van der Waals surface area contributed by atoms with Crippen LogP contribution in [-0.4, -0.2) is 42.4 Å². The lowest BCUT2D eigenvalue weighted by Crippen LogP contribution is -2.42. The van der Waals surface area contributed by atoms with Gasteiger partial charge < -0.3 is 16.0 Å². The van der Waals surface area contributed by atoms with Crippen LogP contribution in [-0.2, 0) is 9.59 Å². The van der Waals surface area contributed by atoms with Crippen molar-refractivity contribution < 1.29 is 9.59 Å². The fraction of sp³-hybridized carbons (Fsp3) is 0.800. The monoisotopic (exact) mass is 215 g/mol. The van der Waals surface area contributed by atoms with Crippen LogP contribution in [0.15, 0.2) is 0 Å². The van der Waals surface area contributed by atoms with E-state index >= 15 is 0 Å². The molecule has 15 heavy (non-hydrogen) atoms. The summed E-state index contributed by atoms with van der Waals surface area (Å²) < 4.78 is 0. The Labute approximate surface area is 91.0 Å². The highest BCUT2D eigenvalue weighted by atomic mass is 16.2. The molecule has 0 heterocycles. The molecule has 0 bridgehead atoms. The van der Waals surface area contributed by atoms with Crippen molar-refractivity contribution in [3.8, 4) is 0 Å². The van der Waals surface area contributed by atoms with Gasteiger partial charge in [0.15, 0.2) is 0 Å². The van der Waals surface area contributed by atoms with Crippen LogP contribution in [0.1, 0.15) is 27.2 Å². The normalized spacial score (nSPS) is 11.0. The Kier molecular flexibility index (Phi) is 5.28. The molecule has 0 aliphatic rings. The van der Waals surface area contributed by atoms with Crippen molar-refractivity contribution in [3.05, 3.63) is 0 Å². The van der Waals surface area contributed by atoms with E-state index in [2.05, 4.69) is 5.32 Å². The Hall–Kier alpha value is -1.10. The largest absolute Gasteiger partial charge is 0.347 e. The van der Waals surface area contributed by atoms with Gasteiger partial charge in [-0.1, -0.05) is 0 Å². The Morgan fingerprint density at radius 1 is 1.40 bits per heavy atom. The maximum atomic E-state index is 11.3. The third kappa shape index (κ3) is 6.90. The van der Waals surface area contributed by atoms with Crippen LogP contribution < -0.4 is 11.1 Å². The van der Waals surface area contributed by atoms with E-state index in [0.29, 0.717) is 6.54 Å². The van der Waals surface area contributed by atoms with Crippen LogP contribution in [0.3, 0.4) is 0 Å². The van der Waals surface area contributed by atoms with E-state index in [0.717, 1.165) is 0 Å². The minimum absolute atomic E-state index is 0.0409. The lowest BCUT2D eigenvalue weighted by Gasteiger charge is -2.18. The first kappa shape index (κ1) is 13.9. The van der Waals surface area contributed by atoms with Gasteiger partial charge in [-0.3, -0.25) is 9.59 Å². The second kappa shape index (κ2) is 5.70. The summed E-state index contributed by atoms with van der Waals surface area (Å²) in [7, 11) is 1.70. The zero-order valence-electron chi connectivity index (χ0n) is 9.96. The van der Waals surface area contributed by atoms with Crippen LogP contribution in [0, 0.1) is 0 Å². The van der Waals surface area contributed by atoms with Crippen molar-refractivity contribution in [3.63, 3.8) is 0 Å². The van der Waals surface area contributed by atoms with E-state index in [1.54, 1.807) is 25.8 Å². The molecule has 0 unspecified atom stereocenters. The number of carbonyl (C=O) groups is 2. The van der Waals surface area contributed by atoms with Gasteiger partial charge >= 0.3 is 0 Å². The van der Waals surface area contributed by atoms with Crippen LogP contribution in [0.2, 0.25) is 0 Å². The molecule has 0 aromatic rings. The molecule has 2 amide bonds. The van der Waals surface area contributed by atoms with Gasteiger partial charge in [-0.25, -0.2) is 0 Å². The molecule has 0 aliphatic carbocycles. The van der Waals surface area contributed by atoms with E-state index in [4.69, 9.17) is 5.73 Å². The van der Waals surface area contributed by atoms with Crippen molar-refractivity contribution >= 4 is 11.8 Å². The van der Waals surface area contributed by atoms with Crippen LogP contribution in [0.4, 0.5) is 0 Å². The van der Waals surface area contributed by atoms with Crippen LogP contribution in [0.5, 0.6) is 0 Å². The summed E-state index contributed by atoms with van der Waals surface area (Å²) in [6.45, 7) is 6.10. The van der Waals surface area contributed by atoms with Gasteiger partial charge in [0.05, 0.1) is 6.54 Å². The van der Waals surface area contributed by atoms with Gasteiger partial charge in [0.25, 0.3) is 0 Å². The third-order valence-electron chi connectivity index (χ3n) is 1.95. The highest BCUT2D eigenvalue weighted by Crippen LogP contribution is 2.02. The highest BCUT2D eigenvalue weighted by molar-refractivity contribution is 5.84. The van der Waals surface area contributed by atoms with Crippen molar-refractivity contribution in [2.75, 3.05) is 20.1 Å². The fourth-order valence-corrected chi connectivity index (χ4v) is 0.962. The topological polar surface area (TPSA) is 75.4 Å². The zero-order valence-corrected chi connectivity index (χ0v) is 9.96. The Morgan fingerprint density at radius 3 is 2.33 bits per heavy atom. The second-order valence-corrected chi connectivity index (χ2v) is 4.35. The predicted molar refractivity (Wildman–Crippen MR) is 59.2 cm³/mol. The molecule has 0 aromatic heterocycles. The number of rotatable bonds is 5. The first-order valence-electron chi connectivity index (χ1n) is 5.06. The number of amides is 2. The van der Waals surface area contributed by atoms with Crippen LogP contribution >= 0.6 is 0 Å². The number of nitrogens with two attached hydrogens (primary N) is 1. The molecule has 3 N–H and O–H groups in total. The van der Waals surface area contributed by atoms with Crippen molar-refractivity contribution in [1.29, 1.82) is 0 Å². The summed E-state index contributed by atoms with van der Waals surface area (Å²) in [5.74, 6) is -0.291. The predicted octanol–water partition coefficient (Wildman–Crippen LogP) is -0.292. The molecular weight excluding hydrogens is 194 g/mol. The summed E-state index contributed by atoms with van der Waals surface area (Å²) in [5.41, 5.74) is 5.13. The van der Waals surface area contributed by atoms with Crippen molar-refractivity contribution in [1.82, 2.24) is 10.2 Å². The first-order chi connectivity index (χ1) is 6.76. The van der Waals surface area contributed by atoms with Crippen molar-refractivity contribution in [2.24, 2.45) is 5.73 Å². The quantitative estimate of drug-likeness (QED) is 0.661. The molecular formula is C10H21N3O2. The number of nitrogens with one attached hydrogen (secondary N) is 1. The second-order valence-electron chi connectivity index (χ2n) is 4.35. The van der Waals surface area contributed by atoms with E-state index in [1.807, 2.05) is 6.92 Å². The van der Waals surface area contributed by atoms with Gasteiger partial charge in [-0.05, 0) is 20.8 Å². The highest BCUT2D eigenvalue weighted by Gasteiger charge is 2.17. The number of likely N-dealkylation sites (N-methyl/N-ethyl adjacent to an activating group) is 1. The van der Waals surface area contributed by atoms with Gasteiger partial charge in [-0.15, -0.1) is 0 Å². The Morgan fingerprint density at radius 2 is 1.93 bits per heavy atom. The van der Waals surface area contributed by atoms with E-state index in [-0.39, 0.29) is 24.8 Å². The number of hydrogen-bond acceptors (Lipinski definition) is 3. The molecule has 0 saturated heterocycles. The molecule has 88 valence electrons. The third-order valence-corrected chi connectivity index (χ3v) is 1.95. The smallest absolute Gasteiger partial charge is 0.241 e. The summed E-state index contributed by atoms with van der Waals surface area (Å²) >= 11 is 0. The van der Waals surface area contributed by atoms with Crippen molar-refractivity contribution in [2.45, 2.75) is 32.7 Å². The average Bonchev–Trinajstić information content (AvgIpc) is 2.10. The van der Waals surface area contributed by atoms with Gasteiger partial charge in [-0.2, -0.15) is 0 Å². The summed E-state index contributed by atoms with van der Waals surface area (Å²) in [6, 6.07) is 0. The molecule has 0 fully saturated rings. The molecule has 0 aliphatic heterocycles. The van der Waals surface area contributed by atoms with Gasteiger partial charge in [0, 0.05) is 25.6 Å². The van der Waals surface area contributed by atoms with Gasteiger partial charge in [0.2, 0.25) is 11.8 Å². The molecule has 5 heteroatoms. The Balaban J connectivity index is 3.87. The fourth-order valence-electron chi connectivity index (χ4n) is 0.962. The average molecular weight is 215 g/mol. The lowest BCUT2D eigenvalue weighted by atomic mass is 10.0. The number of hydrogen-bond donors (Lipinski definition) is 2. The number of carbonyl (C=O) groups excluding carboxylic acids is 2. The minimum Gasteiger partial charge on any atom is -0.347 e. The molecule has 0 aromatic carbocycles. The maximum Gasteiger partial charge on any atom is 0.241 e. The maximum absolute atomic E-state index is 11.3. The lowest BCUT2D eigenvalue weighted by molar-refractivity contribution is -0.131. The molecule has 5 nitrogen and oxygen atoms in total. The van der Waals surface area contributed by atoms with E-state index in [1.165, 1.54) is 0 Å². The number of nitrogens with zero attached hydrogens (tertiary/aromatic N) is 1. The Bertz CT molecular complexity index is 233. The van der Waals surface area contributed by atoms with Crippen LogP contribution in [0.25, 0.3) is 0 Å². The standard InChI is InChI=1S/C10H21N3O2/c1-5-13(4)9(15)7-12-8(14)6-10(2,3)11/h5-7,11H2,1-4H3,(H,12,14). The molecule has 0 rings (SSSR count).